The minimum absolute atomic E-state index is 0.141. The highest BCUT2D eigenvalue weighted by Crippen LogP contribution is 2.44. The summed E-state index contributed by atoms with van der Waals surface area (Å²) in [5.74, 6) is 0. The summed E-state index contributed by atoms with van der Waals surface area (Å²) in [4.78, 5) is 3.35. The fraction of sp³-hybridized carbons (Fsp3) is 0.269. The molecule has 0 radical (unpaired) electrons. The number of hydrogen-bond donors (Lipinski definition) is 3. The molecule has 0 amide bonds. The number of anilines is 1. The van der Waals surface area contributed by atoms with E-state index < -0.39 is 30.0 Å². The smallest absolute Gasteiger partial charge is 0.295 e. The van der Waals surface area contributed by atoms with E-state index >= 15 is 0 Å². The molecule has 0 heterocycles. The van der Waals surface area contributed by atoms with E-state index in [1.807, 2.05) is 52.0 Å². The summed E-state index contributed by atoms with van der Waals surface area (Å²) in [7, 11) is -9.55. The van der Waals surface area contributed by atoms with Crippen molar-refractivity contribution in [3.05, 3.63) is 81.5 Å². The third-order valence-electron chi connectivity index (χ3n) is 6.29. The molecule has 3 N–H and O–H groups in total. The van der Waals surface area contributed by atoms with Gasteiger partial charge in [0.1, 0.15) is 4.90 Å². The first-order chi connectivity index (χ1) is 16.8. The first-order valence-corrected chi connectivity index (χ1v) is 14.4. The zero-order valence-corrected chi connectivity index (χ0v) is 22.1. The Hall–Kier alpha value is -3.05. The summed E-state index contributed by atoms with van der Waals surface area (Å²) in [6.07, 6.45) is 4.52. The summed E-state index contributed by atoms with van der Waals surface area (Å²) in [6, 6.07) is 7.24. The van der Waals surface area contributed by atoms with E-state index in [-0.39, 0.29) is 5.56 Å². The van der Waals surface area contributed by atoms with Crippen LogP contribution < -0.4 is 5.32 Å². The van der Waals surface area contributed by atoms with Crippen LogP contribution in [0.15, 0.2) is 74.0 Å². The number of aliphatic imine (C=N–C) groups is 1. The van der Waals surface area contributed by atoms with Crippen molar-refractivity contribution in [1.29, 1.82) is 0 Å². The maximum absolute atomic E-state index is 12.5. The van der Waals surface area contributed by atoms with E-state index in [0.29, 0.717) is 18.5 Å². The lowest BCUT2D eigenvalue weighted by Gasteiger charge is -2.30. The van der Waals surface area contributed by atoms with Crippen molar-refractivity contribution in [3.8, 4) is 0 Å². The number of nitrogens with one attached hydrogen (secondary N) is 1. The lowest BCUT2D eigenvalue weighted by atomic mass is 9.75. The molecular weight excluding hydrogens is 500 g/mol. The highest BCUT2D eigenvalue weighted by molar-refractivity contribution is 7.86. The molecule has 0 aliphatic heterocycles. The van der Waals surface area contributed by atoms with Crippen LogP contribution in [0.3, 0.4) is 0 Å². The van der Waals surface area contributed by atoms with Crippen LogP contribution in [0.4, 0.5) is 5.69 Å². The number of hydrogen-bond acceptors (Lipinski definition) is 6. The second-order valence-electron chi connectivity index (χ2n) is 8.78. The van der Waals surface area contributed by atoms with E-state index in [1.165, 1.54) is 6.07 Å². The van der Waals surface area contributed by atoms with Gasteiger partial charge in [0.05, 0.1) is 10.6 Å². The molecule has 8 nitrogen and oxygen atoms in total. The van der Waals surface area contributed by atoms with Crippen molar-refractivity contribution in [2.45, 2.75) is 43.9 Å². The Morgan fingerprint density at radius 1 is 0.944 bits per heavy atom. The first-order valence-electron chi connectivity index (χ1n) is 11.5. The largest absolute Gasteiger partial charge is 0.385 e. The van der Waals surface area contributed by atoms with E-state index in [0.717, 1.165) is 63.5 Å². The average Bonchev–Trinajstić information content (AvgIpc) is 2.78. The molecule has 0 saturated carbocycles. The molecular formula is C26H28N2O6S2. The Morgan fingerprint density at radius 2 is 1.67 bits per heavy atom. The van der Waals surface area contributed by atoms with Gasteiger partial charge in [0.15, 0.2) is 0 Å². The van der Waals surface area contributed by atoms with Crippen LogP contribution >= 0.6 is 0 Å². The number of allylic oxidation sites excluding steroid dienone is 5. The molecule has 0 spiro atoms. The summed E-state index contributed by atoms with van der Waals surface area (Å²) in [6.45, 7) is 9.17. The Morgan fingerprint density at radius 3 is 2.28 bits per heavy atom. The number of nitrogens with zero attached hydrogens (tertiary/aromatic N) is 1. The van der Waals surface area contributed by atoms with Crippen LogP contribution in [0.25, 0.3) is 5.57 Å². The van der Waals surface area contributed by atoms with Crippen molar-refractivity contribution < 1.29 is 25.9 Å². The maximum atomic E-state index is 12.5. The number of aryl methyl sites for hydroxylation is 1. The minimum Gasteiger partial charge on any atom is -0.385 e. The van der Waals surface area contributed by atoms with Crippen LogP contribution in [0.2, 0.25) is 0 Å². The normalized spacial score (nSPS) is 16.9. The van der Waals surface area contributed by atoms with Gasteiger partial charge in [0.25, 0.3) is 20.2 Å². The Bertz CT molecular complexity index is 1610. The quantitative estimate of drug-likeness (QED) is 0.466. The van der Waals surface area contributed by atoms with Gasteiger partial charge < -0.3 is 5.32 Å². The van der Waals surface area contributed by atoms with Crippen molar-refractivity contribution in [1.82, 2.24) is 0 Å². The van der Waals surface area contributed by atoms with Crippen molar-refractivity contribution in [2.75, 3.05) is 18.4 Å². The summed E-state index contributed by atoms with van der Waals surface area (Å²) in [5, 5.41) is 3.35. The molecule has 4 rings (SSSR count). The van der Waals surface area contributed by atoms with Crippen molar-refractivity contribution >= 4 is 37.2 Å². The molecule has 2 aliphatic rings. The highest BCUT2D eigenvalue weighted by Gasteiger charge is 2.31. The Kier molecular flexibility index (Phi) is 6.82. The van der Waals surface area contributed by atoms with Crippen molar-refractivity contribution in [3.63, 3.8) is 0 Å². The molecule has 0 bridgehead atoms. The predicted octanol–water partition coefficient (Wildman–Crippen LogP) is 4.63. The van der Waals surface area contributed by atoms with Gasteiger partial charge in [-0.1, -0.05) is 6.07 Å². The van der Waals surface area contributed by atoms with Crippen LogP contribution in [0.1, 0.15) is 43.0 Å². The lowest BCUT2D eigenvalue weighted by Crippen LogP contribution is -2.17. The van der Waals surface area contributed by atoms with E-state index in [9.17, 15) is 25.9 Å². The van der Waals surface area contributed by atoms with Crippen LogP contribution in [-0.4, -0.2) is 44.7 Å². The molecule has 0 fully saturated rings. The number of rotatable bonds is 6. The standard InChI is InChI=1S/C26H28N2O6S2/c1-5-27-23-12-17-11-18-13-24(28-6-2)16(4)10-22(18)26(21(17)9-15(23)3)20-8-7-19(35(29,30)31)14-25(20)36(32,33)34/h7-10,12-14,27H,5-6,11H2,1-4H3,(H,29,30,31)(H,32,33,34). The molecule has 0 unspecified atom stereocenters. The number of benzene rings is 2. The molecule has 36 heavy (non-hydrogen) atoms. The molecule has 190 valence electrons. The molecule has 10 heteroatoms. The molecule has 0 aromatic heterocycles. The summed E-state index contributed by atoms with van der Waals surface area (Å²) >= 11 is 0. The third-order valence-corrected chi connectivity index (χ3v) is 8.03. The van der Waals surface area contributed by atoms with Gasteiger partial charge in [0, 0.05) is 24.3 Å². The van der Waals surface area contributed by atoms with Crippen LogP contribution in [0, 0.1) is 6.92 Å². The van der Waals surface area contributed by atoms with Crippen molar-refractivity contribution in [2.24, 2.45) is 4.99 Å². The zero-order valence-electron chi connectivity index (χ0n) is 20.5. The van der Waals surface area contributed by atoms with Gasteiger partial charge in [-0.3, -0.25) is 14.1 Å². The highest BCUT2D eigenvalue weighted by atomic mass is 32.2. The Labute approximate surface area is 211 Å². The van der Waals surface area contributed by atoms with Gasteiger partial charge in [0.2, 0.25) is 0 Å². The fourth-order valence-electron chi connectivity index (χ4n) is 4.70. The van der Waals surface area contributed by atoms with Crippen LogP contribution in [0.5, 0.6) is 0 Å². The monoisotopic (exact) mass is 528 g/mol. The Balaban J connectivity index is 2.12. The maximum Gasteiger partial charge on any atom is 0.295 e. The summed E-state index contributed by atoms with van der Waals surface area (Å²) < 4.78 is 68.0. The van der Waals surface area contributed by atoms with Gasteiger partial charge >= 0.3 is 0 Å². The second kappa shape index (κ2) is 9.44. The zero-order chi connectivity index (χ0) is 26.4. The molecule has 2 aromatic rings. The van der Waals surface area contributed by atoms with Gasteiger partial charge in [-0.05, 0) is 110 Å². The molecule has 2 aromatic carbocycles. The summed E-state index contributed by atoms with van der Waals surface area (Å²) in [5.41, 5.74) is 7.79. The second-order valence-corrected chi connectivity index (χ2v) is 11.6. The minimum atomic E-state index is -4.85. The van der Waals surface area contributed by atoms with Gasteiger partial charge in [-0.2, -0.15) is 16.8 Å². The third kappa shape index (κ3) is 4.81. The van der Waals surface area contributed by atoms with Crippen LogP contribution in [-0.2, 0) is 26.7 Å². The van der Waals surface area contributed by atoms with Gasteiger partial charge in [-0.25, -0.2) is 0 Å². The first kappa shape index (κ1) is 26.0. The topological polar surface area (TPSA) is 133 Å². The average molecular weight is 529 g/mol. The molecule has 2 aliphatic carbocycles. The van der Waals surface area contributed by atoms with E-state index in [1.54, 1.807) is 0 Å². The number of fused-ring (bicyclic) bond motifs is 2. The SMILES string of the molecule is CCN=C1C=C2Cc3cc(NCC)c(C)cc3C(c3ccc(S(=O)(=O)O)cc3S(=O)(=O)O)=C2C=C1C. The molecule has 0 saturated heterocycles. The molecule has 0 atom stereocenters. The predicted molar refractivity (Wildman–Crippen MR) is 141 cm³/mol. The fourth-order valence-corrected chi connectivity index (χ4v) is 6.00. The van der Waals surface area contributed by atoms with E-state index in [4.69, 9.17) is 0 Å². The lowest BCUT2D eigenvalue weighted by molar-refractivity contribution is 0.481. The van der Waals surface area contributed by atoms with Gasteiger partial charge in [-0.15, -0.1) is 0 Å². The van der Waals surface area contributed by atoms with E-state index in [2.05, 4.69) is 10.3 Å².